The Bertz CT molecular complexity index is 759. The van der Waals surface area contributed by atoms with Crippen LogP contribution in [0, 0.1) is 6.92 Å². The monoisotopic (exact) mass is 324 g/mol. The van der Waals surface area contributed by atoms with Gasteiger partial charge in [0.15, 0.2) is 0 Å². The largest absolute Gasteiger partial charge is 0.346 e. The fourth-order valence-electron chi connectivity index (χ4n) is 2.69. The molecule has 0 atom stereocenters. The normalized spacial score (nSPS) is 11.1. The number of hydrogen-bond acceptors (Lipinski definition) is 4. The van der Waals surface area contributed by atoms with Crippen LogP contribution in [0.4, 0.5) is 0 Å². The second kappa shape index (κ2) is 7.88. The Morgan fingerprint density at radius 3 is 2.75 bits per heavy atom. The third-order valence-electron chi connectivity index (χ3n) is 4.12. The molecule has 0 aliphatic carbocycles. The summed E-state index contributed by atoms with van der Waals surface area (Å²) in [7, 11) is 0. The summed E-state index contributed by atoms with van der Waals surface area (Å²) in [5.74, 6) is 1.99. The van der Waals surface area contributed by atoms with Crippen molar-refractivity contribution in [2.75, 3.05) is 0 Å². The van der Waals surface area contributed by atoms with Gasteiger partial charge < -0.3 is 14.9 Å². The number of nitrogens with zero attached hydrogens (tertiary/aromatic N) is 4. The van der Waals surface area contributed by atoms with Gasteiger partial charge in [-0.15, -0.1) is 10.2 Å². The molecule has 0 radical (unpaired) electrons. The van der Waals surface area contributed by atoms with E-state index in [-0.39, 0.29) is 0 Å². The van der Waals surface area contributed by atoms with E-state index in [0.29, 0.717) is 6.54 Å². The van der Waals surface area contributed by atoms with Crippen LogP contribution >= 0.6 is 0 Å². The molecule has 0 saturated carbocycles. The number of nitrogens with one attached hydrogen (secondary N) is 2. The molecule has 6 nitrogen and oxygen atoms in total. The second-order valence-electron chi connectivity index (χ2n) is 5.89. The van der Waals surface area contributed by atoms with Crippen molar-refractivity contribution in [3.8, 4) is 0 Å². The molecule has 0 saturated heterocycles. The first-order valence-electron chi connectivity index (χ1n) is 8.42. The quantitative estimate of drug-likeness (QED) is 0.667. The summed E-state index contributed by atoms with van der Waals surface area (Å²) < 4.78 is 2.11. The van der Waals surface area contributed by atoms with Gasteiger partial charge in [0.05, 0.1) is 12.2 Å². The average Bonchev–Trinajstić information content (AvgIpc) is 3.20. The fourth-order valence-corrected chi connectivity index (χ4v) is 2.69. The van der Waals surface area contributed by atoms with E-state index in [1.807, 2.05) is 6.07 Å². The van der Waals surface area contributed by atoms with E-state index in [2.05, 4.69) is 68.2 Å². The zero-order valence-corrected chi connectivity index (χ0v) is 14.3. The Morgan fingerprint density at radius 1 is 1.17 bits per heavy atom. The van der Waals surface area contributed by atoms with E-state index >= 15 is 0 Å². The molecule has 0 amide bonds. The first-order valence-corrected chi connectivity index (χ1v) is 8.42. The fraction of sp³-hybridized carbons (Fsp3) is 0.389. The lowest BCUT2D eigenvalue weighted by Gasteiger charge is -2.07. The molecule has 0 spiro atoms. The highest BCUT2D eigenvalue weighted by Crippen LogP contribution is 2.06. The Hall–Kier alpha value is -2.47. The SMILES string of the molecule is CCc1nc(CNCc2nncn2CCc2ccccc2)c(C)[nH]1. The van der Waals surface area contributed by atoms with Gasteiger partial charge in [-0.25, -0.2) is 4.98 Å². The number of aromatic amines is 1. The minimum Gasteiger partial charge on any atom is -0.346 e. The van der Waals surface area contributed by atoms with Crippen molar-refractivity contribution < 1.29 is 0 Å². The number of hydrogen-bond donors (Lipinski definition) is 2. The van der Waals surface area contributed by atoms with E-state index in [0.717, 1.165) is 49.0 Å². The molecule has 2 N–H and O–H groups in total. The predicted octanol–water partition coefficient (Wildman–Crippen LogP) is 2.40. The van der Waals surface area contributed by atoms with E-state index in [1.165, 1.54) is 5.56 Å². The number of imidazole rings is 1. The van der Waals surface area contributed by atoms with Crippen LogP contribution in [0.25, 0.3) is 0 Å². The Labute approximate surface area is 142 Å². The van der Waals surface area contributed by atoms with Crippen molar-refractivity contribution in [1.82, 2.24) is 30.0 Å². The summed E-state index contributed by atoms with van der Waals surface area (Å²) in [6, 6.07) is 10.5. The van der Waals surface area contributed by atoms with Gasteiger partial charge >= 0.3 is 0 Å². The molecule has 3 rings (SSSR count). The van der Waals surface area contributed by atoms with Gasteiger partial charge in [-0.05, 0) is 18.9 Å². The molecule has 0 fully saturated rings. The van der Waals surface area contributed by atoms with Crippen LogP contribution in [0.2, 0.25) is 0 Å². The van der Waals surface area contributed by atoms with Crippen molar-refractivity contribution in [2.24, 2.45) is 0 Å². The maximum absolute atomic E-state index is 4.58. The zero-order valence-electron chi connectivity index (χ0n) is 14.3. The maximum Gasteiger partial charge on any atom is 0.146 e. The minimum absolute atomic E-state index is 0.683. The molecule has 0 unspecified atom stereocenters. The van der Waals surface area contributed by atoms with Crippen molar-refractivity contribution in [3.05, 3.63) is 65.3 Å². The summed E-state index contributed by atoms with van der Waals surface area (Å²) in [6.45, 7) is 6.46. The van der Waals surface area contributed by atoms with Gasteiger partial charge in [-0.2, -0.15) is 0 Å². The third-order valence-corrected chi connectivity index (χ3v) is 4.12. The lowest BCUT2D eigenvalue weighted by atomic mass is 10.1. The summed E-state index contributed by atoms with van der Waals surface area (Å²) in [5.41, 5.74) is 3.52. The minimum atomic E-state index is 0.683. The number of aryl methyl sites for hydroxylation is 4. The van der Waals surface area contributed by atoms with Crippen molar-refractivity contribution in [1.29, 1.82) is 0 Å². The lowest BCUT2D eigenvalue weighted by molar-refractivity contribution is 0.590. The van der Waals surface area contributed by atoms with Gasteiger partial charge in [0.1, 0.15) is 18.0 Å². The number of benzene rings is 1. The Kier molecular flexibility index (Phi) is 5.38. The van der Waals surface area contributed by atoms with Crippen molar-refractivity contribution >= 4 is 0 Å². The third kappa shape index (κ3) is 4.08. The Morgan fingerprint density at radius 2 is 2.00 bits per heavy atom. The molecule has 2 heterocycles. The molecule has 0 bridgehead atoms. The maximum atomic E-state index is 4.58. The molecule has 0 aliphatic heterocycles. The zero-order chi connectivity index (χ0) is 16.8. The van der Waals surface area contributed by atoms with E-state index < -0.39 is 0 Å². The summed E-state index contributed by atoms with van der Waals surface area (Å²) in [6.07, 6.45) is 3.70. The molecular weight excluding hydrogens is 300 g/mol. The molecule has 6 heteroatoms. The highest BCUT2D eigenvalue weighted by molar-refractivity contribution is 5.15. The second-order valence-corrected chi connectivity index (χ2v) is 5.89. The van der Waals surface area contributed by atoms with Crippen LogP contribution in [0.5, 0.6) is 0 Å². The molecular formula is C18H24N6. The first kappa shape index (κ1) is 16.4. The number of H-pyrrole nitrogens is 1. The van der Waals surface area contributed by atoms with Gasteiger partial charge in [-0.3, -0.25) is 0 Å². The highest BCUT2D eigenvalue weighted by atomic mass is 15.3. The number of aromatic nitrogens is 5. The number of rotatable bonds is 8. The van der Waals surface area contributed by atoms with E-state index in [1.54, 1.807) is 6.33 Å². The summed E-state index contributed by atoms with van der Waals surface area (Å²) in [5, 5.41) is 11.7. The molecule has 24 heavy (non-hydrogen) atoms. The van der Waals surface area contributed by atoms with Gasteiger partial charge in [0.2, 0.25) is 0 Å². The molecule has 126 valence electrons. The first-order chi connectivity index (χ1) is 11.8. The topological polar surface area (TPSA) is 71.4 Å². The van der Waals surface area contributed by atoms with Crippen LogP contribution in [0.1, 0.15) is 35.5 Å². The van der Waals surface area contributed by atoms with E-state index in [4.69, 9.17) is 0 Å². The van der Waals surface area contributed by atoms with Crippen molar-refractivity contribution in [3.63, 3.8) is 0 Å². The summed E-state index contributed by atoms with van der Waals surface area (Å²) >= 11 is 0. The van der Waals surface area contributed by atoms with Gasteiger partial charge in [-0.1, -0.05) is 37.3 Å². The standard InChI is InChI=1S/C18H24N6/c1-3-17-21-14(2)16(22-17)11-19-12-18-23-20-13-24(18)10-9-15-7-5-4-6-8-15/h4-8,13,19H,3,9-12H2,1-2H3,(H,21,22). The van der Waals surface area contributed by atoms with Crippen LogP contribution in [-0.4, -0.2) is 24.7 Å². The molecule has 2 aromatic heterocycles. The van der Waals surface area contributed by atoms with Gasteiger partial charge in [0, 0.05) is 25.2 Å². The summed E-state index contributed by atoms with van der Waals surface area (Å²) in [4.78, 5) is 7.89. The Balaban J connectivity index is 1.52. The van der Waals surface area contributed by atoms with Gasteiger partial charge in [0.25, 0.3) is 0 Å². The van der Waals surface area contributed by atoms with Crippen LogP contribution in [0.3, 0.4) is 0 Å². The van der Waals surface area contributed by atoms with Crippen LogP contribution in [0.15, 0.2) is 36.7 Å². The van der Waals surface area contributed by atoms with Crippen molar-refractivity contribution in [2.45, 2.75) is 46.3 Å². The molecule has 1 aromatic carbocycles. The molecule has 3 aromatic rings. The smallest absolute Gasteiger partial charge is 0.146 e. The predicted molar refractivity (Wildman–Crippen MR) is 93.4 cm³/mol. The van der Waals surface area contributed by atoms with Crippen LogP contribution < -0.4 is 5.32 Å². The molecule has 0 aliphatic rings. The van der Waals surface area contributed by atoms with E-state index in [9.17, 15) is 0 Å². The highest BCUT2D eigenvalue weighted by Gasteiger charge is 2.07. The average molecular weight is 324 g/mol. The lowest BCUT2D eigenvalue weighted by Crippen LogP contribution is -2.18. The van der Waals surface area contributed by atoms with Crippen LogP contribution in [-0.2, 0) is 32.5 Å².